The second-order valence-electron chi connectivity index (χ2n) is 3.37. The minimum absolute atomic E-state index is 0.139. The van der Waals surface area contributed by atoms with Gasteiger partial charge in [0.05, 0.1) is 5.02 Å². The molecule has 2 aromatic carbocycles. The highest BCUT2D eigenvalue weighted by molar-refractivity contribution is 6.37. The van der Waals surface area contributed by atoms with Crippen LogP contribution >= 0.6 is 11.6 Å². The first-order valence-corrected chi connectivity index (χ1v) is 4.94. The van der Waals surface area contributed by atoms with Gasteiger partial charge in [-0.15, -0.1) is 0 Å². The number of phenols is 1. The van der Waals surface area contributed by atoms with Crippen molar-refractivity contribution in [1.29, 1.82) is 0 Å². The predicted molar refractivity (Wildman–Crippen MR) is 60.4 cm³/mol. The van der Waals surface area contributed by atoms with Crippen LogP contribution < -0.4 is 0 Å². The first kappa shape index (κ1) is 8.62. The topological polar surface area (TPSA) is 33.4 Å². The Morgan fingerprint density at radius 1 is 1.07 bits per heavy atom. The number of hydrogen-bond donors (Lipinski definition) is 1. The lowest BCUT2D eigenvalue weighted by molar-refractivity contribution is 0.469. The summed E-state index contributed by atoms with van der Waals surface area (Å²) in [6.45, 7) is 0. The van der Waals surface area contributed by atoms with Crippen LogP contribution in [-0.4, -0.2) is 5.11 Å². The normalized spacial score (nSPS) is 11.3. The third kappa shape index (κ3) is 1.12. The van der Waals surface area contributed by atoms with Gasteiger partial charge in [0.25, 0.3) is 0 Å². The van der Waals surface area contributed by atoms with Gasteiger partial charge < -0.3 is 9.52 Å². The number of phenolic OH excluding ortho intramolecular Hbond substituents is 1. The van der Waals surface area contributed by atoms with Gasteiger partial charge in [0.1, 0.15) is 5.58 Å². The Labute approximate surface area is 90.7 Å². The maximum Gasteiger partial charge on any atom is 0.177 e. The van der Waals surface area contributed by atoms with Gasteiger partial charge in [0.2, 0.25) is 0 Å². The van der Waals surface area contributed by atoms with Crippen molar-refractivity contribution in [2.45, 2.75) is 0 Å². The average molecular weight is 219 g/mol. The molecule has 0 fully saturated rings. The van der Waals surface area contributed by atoms with Crippen LogP contribution in [0.3, 0.4) is 0 Å². The number of fused-ring (bicyclic) bond motifs is 3. The molecule has 0 aliphatic rings. The molecule has 0 aliphatic carbocycles. The van der Waals surface area contributed by atoms with Crippen molar-refractivity contribution in [2.24, 2.45) is 0 Å². The van der Waals surface area contributed by atoms with Gasteiger partial charge in [-0.3, -0.25) is 0 Å². The molecular weight excluding hydrogens is 212 g/mol. The molecule has 1 N–H and O–H groups in total. The fraction of sp³-hybridized carbons (Fsp3) is 0. The molecular formula is C12H7ClO2. The number of benzene rings is 2. The lowest BCUT2D eigenvalue weighted by Crippen LogP contribution is -1.68. The second-order valence-corrected chi connectivity index (χ2v) is 3.78. The van der Waals surface area contributed by atoms with Crippen LogP contribution in [0.1, 0.15) is 0 Å². The number of aromatic hydroxyl groups is 1. The fourth-order valence-electron chi connectivity index (χ4n) is 1.79. The smallest absolute Gasteiger partial charge is 0.177 e. The Morgan fingerprint density at radius 3 is 2.73 bits per heavy atom. The number of furan rings is 1. The maximum absolute atomic E-state index is 9.63. The zero-order valence-electron chi connectivity index (χ0n) is 7.70. The molecule has 3 rings (SSSR count). The average Bonchev–Trinajstić information content (AvgIpc) is 2.59. The Bertz CT molecular complexity index is 655. The molecule has 0 saturated carbocycles. The highest BCUT2D eigenvalue weighted by atomic mass is 35.5. The largest absolute Gasteiger partial charge is 0.504 e. The molecule has 1 heterocycles. The van der Waals surface area contributed by atoms with E-state index in [2.05, 4.69) is 0 Å². The number of para-hydroxylation sites is 1. The standard InChI is InChI=1S/C12H7ClO2/c13-8-4-2-6-10-11(8)7-3-1-5-9(14)12(7)15-10/h1-6,14H. The zero-order valence-corrected chi connectivity index (χ0v) is 8.45. The van der Waals surface area contributed by atoms with Crippen molar-refractivity contribution in [3.05, 3.63) is 41.4 Å². The van der Waals surface area contributed by atoms with Crippen LogP contribution in [-0.2, 0) is 0 Å². The summed E-state index contributed by atoms with van der Waals surface area (Å²) in [6.07, 6.45) is 0. The summed E-state index contributed by atoms with van der Waals surface area (Å²) in [5.41, 5.74) is 1.18. The van der Waals surface area contributed by atoms with Crippen LogP contribution in [0.5, 0.6) is 5.75 Å². The Kier molecular flexibility index (Phi) is 1.67. The third-order valence-electron chi connectivity index (χ3n) is 2.45. The number of halogens is 1. The molecule has 0 saturated heterocycles. The van der Waals surface area contributed by atoms with Crippen molar-refractivity contribution in [2.75, 3.05) is 0 Å². The molecule has 2 nitrogen and oxygen atoms in total. The monoisotopic (exact) mass is 218 g/mol. The molecule has 0 amide bonds. The summed E-state index contributed by atoms with van der Waals surface area (Å²) in [7, 11) is 0. The minimum atomic E-state index is 0.139. The van der Waals surface area contributed by atoms with E-state index in [0.717, 1.165) is 10.8 Å². The fourth-order valence-corrected chi connectivity index (χ4v) is 2.06. The molecule has 1 aromatic heterocycles. The van der Waals surface area contributed by atoms with Gasteiger partial charge in [-0.2, -0.15) is 0 Å². The molecule has 3 heteroatoms. The summed E-state index contributed by atoms with van der Waals surface area (Å²) < 4.78 is 5.53. The van der Waals surface area contributed by atoms with E-state index in [-0.39, 0.29) is 5.75 Å². The number of rotatable bonds is 0. The van der Waals surface area contributed by atoms with Crippen molar-refractivity contribution in [1.82, 2.24) is 0 Å². The van der Waals surface area contributed by atoms with E-state index in [1.165, 1.54) is 0 Å². The third-order valence-corrected chi connectivity index (χ3v) is 2.77. The van der Waals surface area contributed by atoms with E-state index >= 15 is 0 Å². The molecule has 0 spiro atoms. The van der Waals surface area contributed by atoms with Gasteiger partial charge in [0, 0.05) is 10.8 Å². The quantitative estimate of drug-likeness (QED) is 0.620. The van der Waals surface area contributed by atoms with E-state index in [4.69, 9.17) is 16.0 Å². The highest BCUT2D eigenvalue weighted by Gasteiger charge is 2.11. The lowest BCUT2D eigenvalue weighted by Gasteiger charge is -1.92. The Morgan fingerprint density at radius 2 is 1.87 bits per heavy atom. The van der Waals surface area contributed by atoms with Gasteiger partial charge in [-0.05, 0) is 18.2 Å². The van der Waals surface area contributed by atoms with E-state index < -0.39 is 0 Å². The Hall–Kier alpha value is -1.67. The van der Waals surface area contributed by atoms with Crippen molar-refractivity contribution >= 4 is 33.5 Å². The number of hydrogen-bond acceptors (Lipinski definition) is 2. The minimum Gasteiger partial charge on any atom is -0.504 e. The summed E-state index contributed by atoms with van der Waals surface area (Å²) in [5, 5.41) is 12.0. The van der Waals surface area contributed by atoms with Crippen LogP contribution in [0.4, 0.5) is 0 Å². The van der Waals surface area contributed by atoms with E-state index in [0.29, 0.717) is 16.2 Å². The molecule has 3 aromatic rings. The summed E-state index contributed by atoms with van der Waals surface area (Å²) in [5.74, 6) is 0.139. The van der Waals surface area contributed by atoms with Crippen LogP contribution in [0.15, 0.2) is 40.8 Å². The predicted octanol–water partition coefficient (Wildman–Crippen LogP) is 3.95. The van der Waals surface area contributed by atoms with Crippen LogP contribution in [0.2, 0.25) is 5.02 Å². The van der Waals surface area contributed by atoms with E-state index in [9.17, 15) is 5.11 Å². The lowest BCUT2D eigenvalue weighted by atomic mass is 10.1. The van der Waals surface area contributed by atoms with E-state index in [1.54, 1.807) is 12.1 Å². The first-order chi connectivity index (χ1) is 7.27. The summed E-state index contributed by atoms with van der Waals surface area (Å²) in [6, 6.07) is 10.7. The molecule has 0 unspecified atom stereocenters. The van der Waals surface area contributed by atoms with Gasteiger partial charge >= 0.3 is 0 Å². The molecule has 0 atom stereocenters. The van der Waals surface area contributed by atoms with Crippen molar-refractivity contribution in [3.8, 4) is 5.75 Å². The summed E-state index contributed by atoms with van der Waals surface area (Å²) in [4.78, 5) is 0. The SMILES string of the molecule is Oc1cccc2c1oc1cccc(Cl)c12. The van der Waals surface area contributed by atoms with Crippen LogP contribution in [0.25, 0.3) is 21.9 Å². The molecule has 15 heavy (non-hydrogen) atoms. The van der Waals surface area contributed by atoms with Crippen molar-refractivity contribution < 1.29 is 9.52 Å². The second kappa shape index (κ2) is 2.91. The molecule has 0 bridgehead atoms. The van der Waals surface area contributed by atoms with E-state index in [1.807, 2.05) is 24.3 Å². The van der Waals surface area contributed by atoms with Crippen molar-refractivity contribution in [3.63, 3.8) is 0 Å². The van der Waals surface area contributed by atoms with Gasteiger partial charge in [-0.25, -0.2) is 0 Å². The maximum atomic E-state index is 9.63. The zero-order chi connectivity index (χ0) is 10.4. The van der Waals surface area contributed by atoms with Crippen LogP contribution in [0, 0.1) is 0 Å². The highest BCUT2D eigenvalue weighted by Crippen LogP contribution is 2.37. The van der Waals surface area contributed by atoms with Gasteiger partial charge in [-0.1, -0.05) is 29.8 Å². The molecule has 74 valence electrons. The van der Waals surface area contributed by atoms with Gasteiger partial charge in [0.15, 0.2) is 11.3 Å². The molecule has 0 aliphatic heterocycles. The molecule has 0 radical (unpaired) electrons. The summed E-state index contributed by atoms with van der Waals surface area (Å²) >= 11 is 6.09. The first-order valence-electron chi connectivity index (χ1n) is 4.56. The Balaban J connectivity index is 2.65.